The Balaban J connectivity index is 1.90. The zero-order chi connectivity index (χ0) is 15.4. The van der Waals surface area contributed by atoms with Gasteiger partial charge in [-0.05, 0) is 36.2 Å². The minimum Gasteiger partial charge on any atom is -0.493 e. The molecular weight excluding hydrogens is 274 g/mol. The highest BCUT2D eigenvalue weighted by Crippen LogP contribution is 2.30. The second-order valence-corrected chi connectivity index (χ2v) is 5.61. The molecule has 3 rings (SSSR count). The van der Waals surface area contributed by atoms with E-state index >= 15 is 0 Å². The molecule has 0 atom stereocenters. The summed E-state index contributed by atoms with van der Waals surface area (Å²) < 4.78 is 5.91. The van der Waals surface area contributed by atoms with Gasteiger partial charge in [-0.1, -0.05) is 26.0 Å². The van der Waals surface area contributed by atoms with Gasteiger partial charge in [0.05, 0.1) is 18.0 Å². The molecule has 112 valence electrons. The Kier molecular flexibility index (Phi) is 4.19. The van der Waals surface area contributed by atoms with Crippen molar-refractivity contribution in [2.75, 3.05) is 6.61 Å². The van der Waals surface area contributed by atoms with Crippen molar-refractivity contribution in [1.29, 1.82) is 0 Å². The number of H-pyrrole nitrogens is 1. The number of aromatic amines is 1. The second kappa shape index (κ2) is 6.43. The maximum atomic E-state index is 5.91. The van der Waals surface area contributed by atoms with Crippen molar-refractivity contribution >= 4 is 0 Å². The fourth-order valence-electron chi connectivity index (χ4n) is 2.19. The minimum absolute atomic E-state index is 0.487. The highest BCUT2D eigenvalue weighted by molar-refractivity contribution is 5.71. The fourth-order valence-corrected chi connectivity index (χ4v) is 2.19. The van der Waals surface area contributed by atoms with Gasteiger partial charge in [-0.25, -0.2) is 0 Å². The number of aromatic nitrogens is 3. The molecule has 2 aromatic heterocycles. The maximum absolute atomic E-state index is 5.91. The third kappa shape index (κ3) is 3.17. The molecular formula is C18H19N3O. The number of rotatable bonds is 5. The van der Waals surface area contributed by atoms with Crippen molar-refractivity contribution in [1.82, 2.24) is 15.2 Å². The number of hydrogen-bond donors (Lipinski definition) is 1. The van der Waals surface area contributed by atoms with Crippen LogP contribution in [0.1, 0.15) is 13.8 Å². The molecule has 4 nitrogen and oxygen atoms in total. The third-order valence-electron chi connectivity index (χ3n) is 3.28. The first-order valence-electron chi connectivity index (χ1n) is 7.42. The zero-order valence-corrected chi connectivity index (χ0v) is 12.8. The molecule has 0 fully saturated rings. The van der Waals surface area contributed by atoms with Crippen LogP contribution in [0.2, 0.25) is 0 Å². The summed E-state index contributed by atoms with van der Waals surface area (Å²) in [4.78, 5) is 4.13. The number of ether oxygens (including phenoxy) is 1. The Morgan fingerprint density at radius 2 is 2.00 bits per heavy atom. The van der Waals surface area contributed by atoms with Crippen molar-refractivity contribution in [2.45, 2.75) is 13.8 Å². The number of para-hydroxylation sites is 1. The molecule has 0 aliphatic rings. The summed E-state index contributed by atoms with van der Waals surface area (Å²) in [6.07, 6.45) is 3.56. The third-order valence-corrected chi connectivity index (χ3v) is 3.28. The zero-order valence-electron chi connectivity index (χ0n) is 12.8. The van der Waals surface area contributed by atoms with Gasteiger partial charge < -0.3 is 4.74 Å². The molecule has 0 unspecified atom stereocenters. The molecule has 0 radical (unpaired) electrons. The largest absolute Gasteiger partial charge is 0.493 e. The Morgan fingerprint density at radius 1 is 1.14 bits per heavy atom. The predicted molar refractivity (Wildman–Crippen MR) is 87.6 cm³/mol. The second-order valence-electron chi connectivity index (χ2n) is 5.61. The van der Waals surface area contributed by atoms with Crippen LogP contribution in [0.3, 0.4) is 0 Å². The fraction of sp³-hybridized carbons (Fsp3) is 0.222. The average Bonchev–Trinajstić information content (AvgIpc) is 3.04. The van der Waals surface area contributed by atoms with Crippen LogP contribution in [0.4, 0.5) is 0 Å². The Hall–Kier alpha value is -2.62. The normalized spacial score (nSPS) is 10.9. The number of hydrogen-bond acceptors (Lipinski definition) is 3. The minimum atomic E-state index is 0.487. The summed E-state index contributed by atoms with van der Waals surface area (Å²) in [5.74, 6) is 1.36. The number of benzene rings is 1. The summed E-state index contributed by atoms with van der Waals surface area (Å²) >= 11 is 0. The molecule has 0 spiro atoms. The van der Waals surface area contributed by atoms with Gasteiger partial charge in [0.25, 0.3) is 0 Å². The van der Waals surface area contributed by atoms with E-state index in [-0.39, 0.29) is 0 Å². The van der Waals surface area contributed by atoms with E-state index < -0.39 is 0 Å². The van der Waals surface area contributed by atoms with E-state index in [0.29, 0.717) is 12.5 Å². The van der Waals surface area contributed by atoms with E-state index in [1.807, 2.05) is 42.5 Å². The van der Waals surface area contributed by atoms with E-state index in [4.69, 9.17) is 4.74 Å². The lowest BCUT2D eigenvalue weighted by molar-refractivity contribution is 0.272. The van der Waals surface area contributed by atoms with Crippen molar-refractivity contribution in [3.63, 3.8) is 0 Å². The summed E-state index contributed by atoms with van der Waals surface area (Å²) in [5.41, 5.74) is 3.83. The first-order valence-corrected chi connectivity index (χ1v) is 7.42. The van der Waals surface area contributed by atoms with Gasteiger partial charge in [0.2, 0.25) is 0 Å². The van der Waals surface area contributed by atoms with Gasteiger partial charge >= 0.3 is 0 Å². The lowest BCUT2D eigenvalue weighted by Gasteiger charge is -2.11. The van der Waals surface area contributed by atoms with E-state index in [1.54, 1.807) is 12.4 Å². The summed E-state index contributed by atoms with van der Waals surface area (Å²) in [6, 6.07) is 13.9. The Bertz CT molecular complexity index is 735. The monoisotopic (exact) mass is 293 g/mol. The SMILES string of the molecule is CC(C)COc1ccccc1-c1cc(-c2cccnc2)n[nH]1. The highest BCUT2D eigenvalue weighted by atomic mass is 16.5. The lowest BCUT2D eigenvalue weighted by Crippen LogP contribution is -2.05. The van der Waals surface area contributed by atoms with Crippen LogP contribution in [0, 0.1) is 5.92 Å². The summed E-state index contributed by atoms with van der Waals surface area (Å²) in [6.45, 7) is 4.97. The maximum Gasteiger partial charge on any atom is 0.128 e. The van der Waals surface area contributed by atoms with Gasteiger partial charge in [0.15, 0.2) is 0 Å². The predicted octanol–water partition coefficient (Wildman–Crippen LogP) is 4.17. The molecule has 1 aromatic carbocycles. The Labute approximate surface area is 130 Å². The van der Waals surface area contributed by atoms with Gasteiger partial charge in [0, 0.05) is 23.5 Å². The summed E-state index contributed by atoms with van der Waals surface area (Å²) in [5, 5.41) is 7.47. The average molecular weight is 293 g/mol. The molecule has 3 aromatic rings. The molecule has 1 N–H and O–H groups in total. The molecule has 0 aliphatic carbocycles. The molecule has 4 heteroatoms. The molecule has 0 amide bonds. The van der Waals surface area contributed by atoms with E-state index in [1.165, 1.54) is 0 Å². The molecule has 0 bridgehead atoms. The summed E-state index contributed by atoms with van der Waals surface area (Å²) in [7, 11) is 0. The topological polar surface area (TPSA) is 50.8 Å². The quantitative estimate of drug-likeness (QED) is 0.768. The lowest BCUT2D eigenvalue weighted by atomic mass is 10.1. The van der Waals surface area contributed by atoms with Crippen LogP contribution in [0.15, 0.2) is 54.9 Å². The molecule has 22 heavy (non-hydrogen) atoms. The standard InChI is InChI=1S/C18H19N3O/c1-13(2)12-22-18-8-4-3-7-15(18)17-10-16(20-21-17)14-6-5-9-19-11-14/h3-11,13H,12H2,1-2H3,(H,20,21). The highest BCUT2D eigenvalue weighted by Gasteiger charge is 2.10. The molecule has 0 aliphatic heterocycles. The van der Waals surface area contributed by atoms with Gasteiger partial charge in [-0.2, -0.15) is 5.10 Å². The molecule has 2 heterocycles. The van der Waals surface area contributed by atoms with Crippen LogP contribution >= 0.6 is 0 Å². The molecule has 0 saturated carbocycles. The number of pyridine rings is 1. The van der Waals surface area contributed by atoms with E-state index in [9.17, 15) is 0 Å². The van der Waals surface area contributed by atoms with Crippen LogP contribution in [0.25, 0.3) is 22.5 Å². The van der Waals surface area contributed by atoms with Crippen LogP contribution in [-0.4, -0.2) is 21.8 Å². The van der Waals surface area contributed by atoms with Crippen LogP contribution < -0.4 is 4.74 Å². The van der Waals surface area contributed by atoms with Crippen molar-refractivity contribution in [2.24, 2.45) is 5.92 Å². The van der Waals surface area contributed by atoms with Crippen molar-refractivity contribution < 1.29 is 4.74 Å². The van der Waals surface area contributed by atoms with Crippen LogP contribution in [-0.2, 0) is 0 Å². The van der Waals surface area contributed by atoms with E-state index in [2.05, 4.69) is 29.0 Å². The number of nitrogens with zero attached hydrogens (tertiary/aromatic N) is 2. The first-order chi connectivity index (χ1) is 10.7. The van der Waals surface area contributed by atoms with Crippen molar-refractivity contribution in [3.05, 3.63) is 54.9 Å². The van der Waals surface area contributed by atoms with Gasteiger partial charge in [-0.3, -0.25) is 10.1 Å². The smallest absolute Gasteiger partial charge is 0.128 e. The first kappa shape index (κ1) is 14.3. The van der Waals surface area contributed by atoms with E-state index in [0.717, 1.165) is 28.3 Å². The Morgan fingerprint density at radius 3 is 2.77 bits per heavy atom. The van der Waals surface area contributed by atoms with Crippen LogP contribution in [0.5, 0.6) is 5.75 Å². The number of nitrogens with one attached hydrogen (secondary N) is 1. The van der Waals surface area contributed by atoms with Gasteiger partial charge in [0.1, 0.15) is 5.75 Å². The molecule has 0 saturated heterocycles. The van der Waals surface area contributed by atoms with Gasteiger partial charge in [-0.15, -0.1) is 0 Å². The van der Waals surface area contributed by atoms with Crippen molar-refractivity contribution in [3.8, 4) is 28.3 Å².